The van der Waals surface area contributed by atoms with Crippen LogP contribution in [0.15, 0.2) is 83.3 Å². The quantitative estimate of drug-likeness (QED) is 0.293. The standard InChI is InChI=1S/C28H29N3O6S/c1-20-12-14-23(15-13-20)28-29-26(21(2)37-28)19-36-25-11-7-8-22(16-25)17-31(18-27(32)33)38(34,35)30(3)24-9-5-4-6-10-24/h4-16H,17-19H2,1-3H3,(H,32,33). The van der Waals surface area contributed by atoms with E-state index in [0.29, 0.717) is 34.3 Å². The average Bonchev–Trinajstić information content (AvgIpc) is 3.27. The second-order valence-electron chi connectivity index (χ2n) is 8.80. The largest absolute Gasteiger partial charge is 0.487 e. The number of aromatic nitrogens is 1. The van der Waals surface area contributed by atoms with Crippen LogP contribution in [0.25, 0.3) is 11.5 Å². The van der Waals surface area contributed by atoms with Crippen LogP contribution < -0.4 is 9.04 Å². The maximum Gasteiger partial charge on any atom is 0.318 e. The molecule has 198 valence electrons. The highest BCUT2D eigenvalue weighted by atomic mass is 32.2. The molecule has 0 aliphatic carbocycles. The normalized spacial score (nSPS) is 11.5. The Morgan fingerprint density at radius 2 is 1.71 bits per heavy atom. The molecule has 0 saturated carbocycles. The number of carboxylic acids is 1. The van der Waals surface area contributed by atoms with Crippen molar-refractivity contribution in [1.82, 2.24) is 9.29 Å². The molecule has 4 rings (SSSR count). The Morgan fingerprint density at radius 3 is 2.39 bits per heavy atom. The zero-order chi connectivity index (χ0) is 27.3. The zero-order valence-corrected chi connectivity index (χ0v) is 22.2. The number of aryl methyl sites for hydroxylation is 2. The number of hydrogen-bond donors (Lipinski definition) is 1. The van der Waals surface area contributed by atoms with Crippen molar-refractivity contribution < 1.29 is 27.5 Å². The van der Waals surface area contributed by atoms with E-state index < -0.39 is 22.7 Å². The van der Waals surface area contributed by atoms with Gasteiger partial charge in [-0.2, -0.15) is 12.7 Å². The summed E-state index contributed by atoms with van der Waals surface area (Å²) in [4.78, 5) is 16.1. The van der Waals surface area contributed by atoms with Crippen molar-refractivity contribution in [2.45, 2.75) is 27.0 Å². The highest BCUT2D eigenvalue weighted by Crippen LogP contribution is 2.25. The van der Waals surface area contributed by atoms with Crippen molar-refractivity contribution in [3.05, 3.63) is 101 Å². The van der Waals surface area contributed by atoms with E-state index in [9.17, 15) is 18.3 Å². The monoisotopic (exact) mass is 535 g/mol. The van der Waals surface area contributed by atoms with Gasteiger partial charge in [0.25, 0.3) is 0 Å². The lowest BCUT2D eigenvalue weighted by atomic mass is 10.1. The van der Waals surface area contributed by atoms with Crippen LogP contribution in [-0.2, 0) is 28.2 Å². The van der Waals surface area contributed by atoms with Gasteiger partial charge in [-0.3, -0.25) is 9.10 Å². The van der Waals surface area contributed by atoms with Crippen LogP contribution in [0.3, 0.4) is 0 Å². The minimum absolute atomic E-state index is 0.149. The number of hydrogen-bond acceptors (Lipinski definition) is 6. The van der Waals surface area contributed by atoms with Gasteiger partial charge >= 0.3 is 16.2 Å². The molecule has 38 heavy (non-hydrogen) atoms. The Bertz CT molecular complexity index is 1500. The van der Waals surface area contributed by atoms with Crippen LogP contribution in [-0.4, -0.2) is 42.4 Å². The first kappa shape index (κ1) is 26.9. The molecule has 10 heteroatoms. The van der Waals surface area contributed by atoms with Gasteiger partial charge in [0, 0.05) is 19.2 Å². The van der Waals surface area contributed by atoms with Crippen LogP contribution in [0, 0.1) is 13.8 Å². The highest BCUT2D eigenvalue weighted by Gasteiger charge is 2.29. The van der Waals surface area contributed by atoms with E-state index in [1.807, 2.05) is 38.1 Å². The molecule has 0 aliphatic heterocycles. The SMILES string of the molecule is Cc1ccc(-c2nc(COc3cccc(CN(CC(=O)O)S(=O)(=O)N(C)c4ccccc4)c3)c(C)o2)cc1. The number of nitrogens with zero attached hydrogens (tertiary/aromatic N) is 3. The number of ether oxygens (including phenoxy) is 1. The topological polar surface area (TPSA) is 113 Å². The van der Waals surface area contributed by atoms with Crippen LogP contribution in [0.2, 0.25) is 0 Å². The molecule has 4 aromatic rings. The predicted molar refractivity (Wildman–Crippen MR) is 144 cm³/mol. The molecular weight excluding hydrogens is 506 g/mol. The van der Waals surface area contributed by atoms with E-state index in [0.717, 1.165) is 19.7 Å². The van der Waals surface area contributed by atoms with E-state index in [-0.39, 0.29) is 13.2 Å². The summed E-state index contributed by atoms with van der Waals surface area (Å²) < 4.78 is 40.3. The second kappa shape index (κ2) is 11.5. The number of oxazole rings is 1. The average molecular weight is 536 g/mol. The number of carboxylic acid groups (broad SMARTS) is 1. The first-order chi connectivity index (χ1) is 18.1. The molecule has 1 aromatic heterocycles. The van der Waals surface area contributed by atoms with Crippen LogP contribution in [0.5, 0.6) is 5.75 Å². The van der Waals surface area contributed by atoms with Crippen molar-refractivity contribution in [2.24, 2.45) is 0 Å². The lowest BCUT2D eigenvalue weighted by Gasteiger charge is -2.27. The smallest absolute Gasteiger partial charge is 0.318 e. The summed E-state index contributed by atoms with van der Waals surface area (Å²) in [5.74, 6) is 0.380. The maximum atomic E-state index is 13.3. The Morgan fingerprint density at radius 1 is 1.00 bits per heavy atom. The Labute approximate surface area is 222 Å². The third kappa shape index (κ3) is 6.39. The molecule has 0 amide bonds. The van der Waals surface area contributed by atoms with Gasteiger partial charge in [0.2, 0.25) is 5.89 Å². The summed E-state index contributed by atoms with van der Waals surface area (Å²) in [7, 11) is -2.73. The van der Waals surface area contributed by atoms with Gasteiger partial charge in [0.1, 0.15) is 30.4 Å². The number of carbonyl (C=O) groups is 1. The lowest BCUT2D eigenvalue weighted by molar-refractivity contribution is -0.137. The zero-order valence-electron chi connectivity index (χ0n) is 21.4. The highest BCUT2D eigenvalue weighted by molar-refractivity contribution is 7.90. The fourth-order valence-corrected chi connectivity index (χ4v) is 5.11. The van der Waals surface area contributed by atoms with Gasteiger partial charge in [-0.05, 0) is 55.8 Å². The first-order valence-electron chi connectivity index (χ1n) is 11.9. The molecule has 0 aliphatic rings. The van der Waals surface area contributed by atoms with Gasteiger partial charge in [-0.25, -0.2) is 4.98 Å². The molecule has 3 aromatic carbocycles. The second-order valence-corrected chi connectivity index (χ2v) is 10.8. The van der Waals surface area contributed by atoms with E-state index in [1.54, 1.807) is 54.6 Å². The van der Waals surface area contributed by atoms with Crippen molar-refractivity contribution in [1.29, 1.82) is 0 Å². The third-order valence-corrected chi connectivity index (χ3v) is 7.74. The number of aliphatic carboxylic acids is 1. The maximum absolute atomic E-state index is 13.3. The number of anilines is 1. The number of benzene rings is 3. The summed E-state index contributed by atoms with van der Waals surface area (Å²) in [6.07, 6.45) is 0. The number of para-hydroxylation sites is 1. The van der Waals surface area contributed by atoms with Crippen LogP contribution in [0.4, 0.5) is 5.69 Å². The van der Waals surface area contributed by atoms with E-state index >= 15 is 0 Å². The van der Waals surface area contributed by atoms with Gasteiger partial charge < -0.3 is 14.3 Å². The first-order valence-corrected chi connectivity index (χ1v) is 13.3. The molecule has 0 atom stereocenters. The molecule has 0 saturated heterocycles. The fourth-order valence-electron chi connectivity index (χ4n) is 3.78. The molecule has 0 spiro atoms. The third-order valence-electron chi connectivity index (χ3n) is 5.93. The van der Waals surface area contributed by atoms with Crippen molar-refractivity contribution in [3.8, 4) is 17.2 Å². The number of rotatable bonds is 11. The molecule has 1 heterocycles. The summed E-state index contributed by atoms with van der Waals surface area (Å²) in [5, 5.41) is 9.40. The Balaban J connectivity index is 1.49. The minimum Gasteiger partial charge on any atom is -0.487 e. The summed E-state index contributed by atoms with van der Waals surface area (Å²) >= 11 is 0. The predicted octanol–water partition coefficient (Wildman–Crippen LogP) is 4.81. The molecule has 0 fully saturated rings. The summed E-state index contributed by atoms with van der Waals surface area (Å²) in [6, 6.07) is 23.2. The minimum atomic E-state index is -4.12. The molecule has 0 radical (unpaired) electrons. The molecular formula is C28H29N3O6S. The van der Waals surface area contributed by atoms with E-state index in [1.165, 1.54) is 7.05 Å². The molecule has 9 nitrogen and oxygen atoms in total. The van der Waals surface area contributed by atoms with E-state index in [2.05, 4.69) is 4.98 Å². The molecule has 0 bridgehead atoms. The van der Waals surface area contributed by atoms with Gasteiger partial charge in [0.15, 0.2) is 0 Å². The van der Waals surface area contributed by atoms with Crippen LogP contribution >= 0.6 is 0 Å². The summed E-state index contributed by atoms with van der Waals surface area (Å²) in [5.41, 5.74) is 3.65. The molecule has 1 N–H and O–H groups in total. The Hall–Kier alpha value is -4.15. The van der Waals surface area contributed by atoms with Crippen molar-refractivity contribution in [2.75, 3.05) is 17.9 Å². The lowest BCUT2D eigenvalue weighted by Crippen LogP contribution is -2.44. The van der Waals surface area contributed by atoms with E-state index in [4.69, 9.17) is 9.15 Å². The fraction of sp³-hybridized carbons (Fsp3) is 0.214. The van der Waals surface area contributed by atoms with Crippen molar-refractivity contribution in [3.63, 3.8) is 0 Å². The Kier molecular flexibility index (Phi) is 8.13. The summed E-state index contributed by atoms with van der Waals surface area (Å²) in [6.45, 7) is 3.14. The van der Waals surface area contributed by atoms with Gasteiger partial charge in [-0.1, -0.05) is 48.0 Å². The van der Waals surface area contributed by atoms with Gasteiger partial charge in [0.05, 0.1) is 5.69 Å². The van der Waals surface area contributed by atoms with Crippen LogP contribution in [0.1, 0.15) is 22.6 Å². The van der Waals surface area contributed by atoms with Crippen molar-refractivity contribution >= 4 is 21.9 Å². The molecule has 0 unspecified atom stereocenters. The van der Waals surface area contributed by atoms with Gasteiger partial charge in [-0.15, -0.1) is 0 Å².